The van der Waals surface area contributed by atoms with Crippen LogP contribution < -0.4 is 0 Å². The Labute approximate surface area is 245 Å². The molecule has 10 nitrogen and oxygen atoms in total. The van der Waals surface area contributed by atoms with Crippen molar-refractivity contribution in [2.24, 2.45) is 0 Å². The number of nitro benzene ring substituents is 1. The van der Waals surface area contributed by atoms with Crippen molar-refractivity contribution < 1.29 is 46.5 Å². The van der Waals surface area contributed by atoms with Gasteiger partial charge in [-0.15, -0.1) is 0 Å². The molecule has 3 rings (SSSR count). The van der Waals surface area contributed by atoms with E-state index in [2.05, 4.69) is 0 Å². The molecule has 0 N–H and O–H groups in total. The average Bonchev–Trinajstić information content (AvgIpc) is 2.95. The van der Waals surface area contributed by atoms with Gasteiger partial charge < -0.3 is 23.2 Å². The molecule has 1 fully saturated rings. The number of piperidine rings is 1. The van der Waals surface area contributed by atoms with Crippen LogP contribution in [0.3, 0.4) is 0 Å². The number of quaternary nitrogens is 2. The number of rotatable bonds is 15. The third kappa shape index (κ3) is 10.3. The molecule has 12 heteroatoms. The zero-order valence-corrected chi connectivity index (χ0v) is 24.4. The molecule has 0 radical (unpaired) electrons. The first-order valence-electron chi connectivity index (χ1n) is 14.3. The number of benzene rings is 2. The minimum absolute atomic E-state index is 0.00863. The van der Waals surface area contributed by atoms with E-state index >= 15 is 0 Å². The van der Waals surface area contributed by atoms with Crippen molar-refractivity contribution in [3.05, 3.63) is 75.3 Å². The monoisotopic (exact) mass is 593 g/mol. The van der Waals surface area contributed by atoms with Gasteiger partial charge >= 0.3 is 12.1 Å². The molecule has 2 aromatic rings. The molecule has 1 aliphatic heterocycles. The maximum atomic E-state index is 14.1. The molecule has 0 aromatic heterocycles. The molecule has 1 saturated heterocycles. The molecular formula is C30H41F2N3O7+2. The summed E-state index contributed by atoms with van der Waals surface area (Å²) in [5, 5.41) is 11.0. The molecule has 42 heavy (non-hydrogen) atoms. The van der Waals surface area contributed by atoms with Crippen molar-refractivity contribution in [3.63, 3.8) is 0 Å². The van der Waals surface area contributed by atoms with Gasteiger partial charge in [-0.2, -0.15) is 0 Å². The SMILES string of the molecule is CC[N+](C)(CCOC(=O)OCOC(=O)CCC[N+]1(Cc2ccc([N+](=O)[O-])cc2)CCCCC1)Cc1ccc(F)cc1F. The van der Waals surface area contributed by atoms with Gasteiger partial charge in [0.05, 0.1) is 44.6 Å². The van der Waals surface area contributed by atoms with Crippen LogP contribution in [0, 0.1) is 21.7 Å². The van der Waals surface area contributed by atoms with Crippen molar-refractivity contribution in [1.29, 1.82) is 0 Å². The van der Waals surface area contributed by atoms with Crippen LogP contribution in [0.1, 0.15) is 50.2 Å². The minimum Gasteiger partial charge on any atom is -0.428 e. The number of hydrogen-bond donors (Lipinski definition) is 0. The fourth-order valence-corrected chi connectivity index (χ4v) is 5.33. The van der Waals surface area contributed by atoms with Gasteiger partial charge in [-0.05, 0) is 50.5 Å². The molecule has 0 amide bonds. The van der Waals surface area contributed by atoms with E-state index in [1.165, 1.54) is 30.7 Å². The minimum atomic E-state index is -0.973. The van der Waals surface area contributed by atoms with E-state index in [9.17, 15) is 28.5 Å². The van der Waals surface area contributed by atoms with Crippen LogP contribution in [0.25, 0.3) is 0 Å². The summed E-state index contributed by atoms with van der Waals surface area (Å²) in [5.41, 5.74) is 1.46. The molecular weight excluding hydrogens is 552 g/mol. The molecule has 1 unspecified atom stereocenters. The number of hydrogen-bond acceptors (Lipinski definition) is 7. The number of carbonyl (C=O) groups is 2. The molecule has 0 spiro atoms. The Balaban J connectivity index is 1.35. The summed E-state index contributed by atoms with van der Waals surface area (Å²) in [4.78, 5) is 34.8. The topological polar surface area (TPSA) is 105 Å². The zero-order valence-electron chi connectivity index (χ0n) is 24.4. The average molecular weight is 594 g/mol. The Kier molecular flexibility index (Phi) is 12.2. The molecule has 230 valence electrons. The lowest BCUT2D eigenvalue weighted by Gasteiger charge is -2.41. The highest BCUT2D eigenvalue weighted by molar-refractivity contribution is 5.69. The highest BCUT2D eigenvalue weighted by Gasteiger charge is 2.30. The van der Waals surface area contributed by atoms with Crippen LogP contribution in [0.5, 0.6) is 0 Å². The number of likely N-dealkylation sites (N-methyl/N-ethyl adjacent to an activating group) is 1. The number of halogens is 2. The smallest absolute Gasteiger partial charge is 0.428 e. The standard InChI is InChI=1S/C30H41F2N3O7/c1-3-34(2,22-25-11-12-26(31)20-28(25)32)18-19-40-30(37)42-23-41-29(36)8-7-17-35(15-5-4-6-16-35)21-24-9-13-27(14-10-24)33(38)39/h9-14,20H,3-8,15-19,21-23H2,1-2H3/q+2. The first kappa shape index (κ1) is 32.9. The second kappa shape index (κ2) is 15.5. The molecule has 0 bridgehead atoms. The van der Waals surface area contributed by atoms with Crippen molar-refractivity contribution in [1.82, 2.24) is 0 Å². The number of esters is 1. The van der Waals surface area contributed by atoms with Gasteiger partial charge in [-0.3, -0.25) is 14.9 Å². The van der Waals surface area contributed by atoms with E-state index < -0.39 is 35.5 Å². The number of likely N-dealkylation sites (tertiary alicyclic amines) is 1. The fourth-order valence-electron chi connectivity index (χ4n) is 5.33. The number of nitro groups is 1. The van der Waals surface area contributed by atoms with Crippen molar-refractivity contribution >= 4 is 17.8 Å². The number of carbonyl (C=O) groups excluding carboxylic acids is 2. The maximum absolute atomic E-state index is 14.1. The highest BCUT2D eigenvalue weighted by Crippen LogP contribution is 2.25. The van der Waals surface area contributed by atoms with Gasteiger partial charge in [0.1, 0.15) is 37.9 Å². The molecule has 1 aliphatic rings. The third-order valence-electron chi connectivity index (χ3n) is 8.02. The first-order valence-corrected chi connectivity index (χ1v) is 14.3. The largest absolute Gasteiger partial charge is 0.511 e. The van der Waals surface area contributed by atoms with Gasteiger partial charge in [0, 0.05) is 35.7 Å². The van der Waals surface area contributed by atoms with Crippen LogP contribution in [-0.4, -0.2) is 79.2 Å². The quantitative estimate of drug-likeness (QED) is 0.0886. The Bertz CT molecular complexity index is 1210. The predicted octanol–water partition coefficient (Wildman–Crippen LogP) is 5.47. The molecule has 0 aliphatic carbocycles. The molecule has 2 aromatic carbocycles. The first-order chi connectivity index (χ1) is 20.0. The summed E-state index contributed by atoms with van der Waals surface area (Å²) in [6, 6.07) is 10.1. The van der Waals surface area contributed by atoms with Crippen molar-refractivity contribution in [2.75, 3.05) is 53.2 Å². The Morgan fingerprint density at radius 3 is 2.38 bits per heavy atom. The van der Waals surface area contributed by atoms with Crippen molar-refractivity contribution in [3.8, 4) is 0 Å². The van der Waals surface area contributed by atoms with E-state index in [0.717, 1.165) is 55.1 Å². The van der Waals surface area contributed by atoms with E-state index in [4.69, 9.17) is 14.2 Å². The van der Waals surface area contributed by atoms with Crippen LogP contribution in [0.2, 0.25) is 0 Å². The van der Waals surface area contributed by atoms with Crippen molar-refractivity contribution in [2.45, 2.75) is 52.1 Å². The van der Waals surface area contributed by atoms with Gasteiger partial charge in [0.2, 0.25) is 6.79 Å². The summed E-state index contributed by atoms with van der Waals surface area (Å²) in [6.07, 6.45) is 3.14. The van der Waals surface area contributed by atoms with Gasteiger partial charge in [0.15, 0.2) is 0 Å². The summed E-state index contributed by atoms with van der Waals surface area (Å²) >= 11 is 0. The molecule has 1 heterocycles. The number of non-ortho nitro benzene ring substituents is 1. The number of nitrogens with zero attached hydrogens (tertiary/aromatic N) is 3. The van der Waals surface area contributed by atoms with Crippen LogP contribution >= 0.6 is 0 Å². The third-order valence-corrected chi connectivity index (χ3v) is 8.02. The Morgan fingerprint density at radius 2 is 1.74 bits per heavy atom. The van der Waals surface area contributed by atoms with E-state index in [-0.39, 0.29) is 18.7 Å². The predicted molar refractivity (Wildman–Crippen MR) is 150 cm³/mol. The summed E-state index contributed by atoms with van der Waals surface area (Å²) in [6.45, 7) is 6.15. The Hall–Kier alpha value is -3.64. The van der Waals surface area contributed by atoms with Crippen LogP contribution in [0.15, 0.2) is 42.5 Å². The van der Waals surface area contributed by atoms with Gasteiger partial charge in [-0.1, -0.05) is 0 Å². The second-order valence-electron chi connectivity index (χ2n) is 11.2. The van der Waals surface area contributed by atoms with Crippen LogP contribution in [-0.2, 0) is 32.1 Å². The lowest BCUT2D eigenvalue weighted by atomic mass is 10.0. The lowest BCUT2D eigenvalue weighted by Crippen LogP contribution is -2.51. The highest BCUT2D eigenvalue weighted by atomic mass is 19.1. The van der Waals surface area contributed by atoms with Gasteiger partial charge in [-0.25, -0.2) is 13.6 Å². The second-order valence-corrected chi connectivity index (χ2v) is 11.2. The normalized spacial score (nSPS) is 15.8. The maximum Gasteiger partial charge on any atom is 0.511 e. The molecule has 0 saturated carbocycles. The zero-order chi connectivity index (χ0) is 30.6. The van der Waals surface area contributed by atoms with Crippen LogP contribution in [0.4, 0.5) is 19.3 Å². The molecule has 1 atom stereocenters. The van der Waals surface area contributed by atoms with E-state index in [0.29, 0.717) is 36.1 Å². The van der Waals surface area contributed by atoms with Gasteiger partial charge in [0.25, 0.3) is 5.69 Å². The summed E-state index contributed by atoms with van der Waals surface area (Å²) in [7, 11) is 1.88. The fraction of sp³-hybridized carbons (Fsp3) is 0.533. The summed E-state index contributed by atoms with van der Waals surface area (Å²) in [5.74, 6) is -1.74. The summed E-state index contributed by atoms with van der Waals surface area (Å²) < 4.78 is 43.5. The Morgan fingerprint density at radius 1 is 1.02 bits per heavy atom. The van der Waals surface area contributed by atoms with E-state index in [1.54, 1.807) is 12.1 Å². The lowest BCUT2D eigenvalue weighted by molar-refractivity contribution is -0.945. The number of ether oxygens (including phenoxy) is 3. The van der Waals surface area contributed by atoms with E-state index in [1.807, 2.05) is 14.0 Å².